The van der Waals surface area contributed by atoms with E-state index in [9.17, 15) is 27.2 Å². The lowest BCUT2D eigenvalue weighted by Crippen LogP contribution is -2.30. The number of alkyl halides is 3. The molecule has 186 valence electrons. The molecule has 0 aliphatic carbocycles. The number of benzene rings is 2. The van der Waals surface area contributed by atoms with Crippen LogP contribution in [0.3, 0.4) is 0 Å². The number of carbonyl (C=O) groups excluding carboxylic acids is 1. The number of hydrogen-bond donors (Lipinski definition) is 1. The van der Waals surface area contributed by atoms with Crippen LogP contribution in [0.4, 0.5) is 17.6 Å². The first-order valence-corrected chi connectivity index (χ1v) is 10.7. The summed E-state index contributed by atoms with van der Waals surface area (Å²) in [6, 6.07) is 9.99. The van der Waals surface area contributed by atoms with Gasteiger partial charge in [0.05, 0.1) is 35.6 Å². The molecule has 0 spiro atoms. The van der Waals surface area contributed by atoms with Crippen molar-refractivity contribution in [2.45, 2.75) is 12.6 Å². The molecule has 0 saturated carbocycles. The van der Waals surface area contributed by atoms with Gasteiger partial charge in [0.2, 0.25) is 0 Å². The minimum Gasteiger partial charge on any atom is -0.492 e. The quantitative estimate of drug-likeness (QED) is 0.338. The van der Waals surface area contributed by atoms with Crippen molar-refractivity contribution in [3.8, 4) is 22.8 Å². The first-order valence-electron chi connectivity index (χ1n) is 10.3. The van der Waals surface area contributed by atoms with Gasteiger partial charge < -0.3 is 19.4 Å². The van der Waals surface area contributed by atoms with E-state index in [2.05, 4.69) is 5.32 Å². The number of carbonyl (C=O) groups is 1. The van der Waals surface area contributed by atoms with Gasteiger partial charge in [0, 0.05) is 19.2 Å². The van der Waals surface area contributed by atoms with Gasteiger partial charge in [-0.15, -0.1) is 0 Å². The fourth-order valence-electron chi connectivity index (χ4n) is 3.33. The standard InChI is InChI=1S/C24H21ClF4N2O4/c1-31-19(14-10-15(24(27,28)29)12-16(26)11-14)13-17(21(34-2)23(31)33)22(32)30-8-5-9-35-20-7-4-3-6-18(20)25/h3-4,6-7,10-13H,5,8-9H2,1-2H3,(H,30,32). The molecule has 2 aromatic carbocycles. The summed E-state index contributed by atoms with van der Waals surface area (Å²) in [6.07, 6.45) is -4.40. The van der Waals surface area contributed by atoms with Crippen LogP contribution in [0.15, 0.2) is 53.3 Å². The predicted molar refractivity (Wildman–Crippen MR) is 123 cm³/mol. The Bertz CT molecular complexity index is 1290. The van der Waals surface area contributed by atoms with Crippen molar-refractivity contribution >= 4 is 17.5 Å². The van der Waals surface area contributed by atoms with E-state index >= 15 is 0 Å². The molecule has 0 aliphatic heterocycles. The van der Waals surface area contributed by atoms with Crippen molar-refractivity contribution in [1.29, 1.82) is 0 Å². The van der Waals surface area contributed by atoms with E-state index in [1.807, 2.05) is 0 Å². The van der Waals surface area contributed by atoms with Crippen LogP contribution >= 0.6 is 11.6 Å². The summed E-state index contributed by atoms with van der Waals surface area (Å²) >= 11 is 6.01. The summed E-state index contributed by atoms with van der Waals surface area (Å²) in [5.41, 5.74) is -2.50. The third kappa shape index (κ3) is 6.13. The number of rotatable bonds is 8. The molecular formula is C24H21ClF4N2O4. The highest BCUT2D eigenvalue weighted by molar-refractivity contribution is 6.32. The zero-order valence-electron chi connectivity index (χ0n) is 18.7. The third-order valence-electron chi connectivity index (χ3n) is 5.06. The minimum atomic E-state index is -4.80. The largest absolute Gasteiger partial charge is 0.492 e. The summed E-state index contributed by atoms with van der Waals surface area (Å²) < 4.78 is 65.1. The number of amides is 1. The molecule has 0 unspecified atom stereocenters. The molecule has 1 N–H and O–H groups in total. The van der Waals surface area contributed by atoms with Gasteiger partial charge in [0.25, 0.3) is 11.5 Å². The Morgan fingerprint density at radius 2 is 1.86 bits per heavy atom. The summed E-state index contributed by atoms with van der Waals surface area (Å²) in [5.74, 6) is -1.63. The second-order valence-corrected chi connectivity index (χ2v) is 7.86. The van der Waals surface area contributed by atoms with Gasteiger partial charge in [-0.2, -0.15) is 13.2 Å². The Morgan fingerprint density at radius 3 is 2.51 bits per heavy atom. The number of aromatic nitrogens is 1. The first-order chi connectivity index (χ1) is 16.5. The second-order valence-electron chi connectivity index (χ2n) is 7.46. The summed E-state index contributed by atoms with van der Waals surface area (Å²) in [7, 11) is 2.47. The molecule has 1 amide bonds. The average Bonchev–Trinajstić information content (AvgIpc) is 2.80. The first kappa shape index (κ1) is 26.1. The molecule has 0 aliphatic rings. The van der Waals surface area contributed by atoms with Crippen molar-refractivity contribution in [1.82, 2.24) is 9.88 Å². The van der Waals surface area contributed by atoms with E-state index < -0.39 is 29.0 Å². The van der Waals surface area contributed by atoms with Crippen LogP contribution in [0.5, 0.6) is 11.5 Å². The molecule has 1 heterocycles. The van der Waals surface area contributed by atoms with E-state index in [0.717, 1.165) is 10.6 Å². The average molecular weight is 513 g/mol. The van der Waals surface area contributed by atoms with Crippen molar-refractivity contribution in [2.75, 3.05) is 20.3 Å². The Kier molecular flexibility index (Phi) is 8.06. The molecular weight excluding hydrogens is 492 g/mol. The van der Waals surface area contributed by atoms with Crippen LogP contribution in [-0.4, -0.2) is 30.7 Å². The SMILES string of the molecule is COc1c(C(=O)NCCCOc2ccccc2Cl)cc(-c2cc(F)cc(C(F)(F)F)c2)n(C)c1=O. The van der Waals surface area contributed by atoms with Gasteiger partial charge in [0.1, 0.15) is 11.6 Å². The van der Waals surface area contributed by atoms with E-state index in [1.165, 1.54) is 20.2 Å². The smallest absolute Gasteiger partial charge is 0.416 e. The van der Waals surface area contributed by atoms with Crippen LogP contribution in [0, 0.1) is 5.82 Å². The molecule has 0 atom stereocenters. The fourth-order valence-corrected chi connectivity index (χ4v) is 3.52. The maximum atomic E-state index is 14.0. The normalized spacial score (nSPS) is 11.3. The maximum absolute atomic E-state index is 14.0. The maximum Gasteiger partial charge on any atom is 0.416 e. The van der Waals surface area contributed by atoms with E-state index in [-0.39, 0.29) is 35.7 Å². The predicted octanol–water partition coefficient (Wildman–Crippen LogP) is 5.07. The number of pyridine rings is 1. The molecule has 35 heavy (non-hydrogen) atoms. The topological polar surface area (TPSA) is 69.6 Å². The summed E-state index contributed by atoms with van der Waals surface area (Å²) in [5, 5.41) is 3.06. The van der Waals surface area contributed by atoms with Crippen LogP contribution in [0.25, 0.3) is 11.3 Å². The fraction of sp³-hybridized carbons (Fsp3) is 0.250. The number of nitrogens with one attached hydrogen (secondary N) is 1. The monoisotopic (exact) mass is 512 g/mol. The van der Waals surface area contributed by atoms with Crippen LogP contribution in [-0.2, 0) is 13.2 Å². The number of halogens is 5. The van der Waals surface area contributed by atoms with Crippen LogP contribution in [0.1, 0.15) is 22.3 Å². The Labute approximate surface area is 203 Å². The van der Waals surface area contributed by atoms with E-state index in [1.54, 1.807) is 24.3 Å². The van der Waals surface area contributed by atoms with Gasteiger partial charge >= 0.3 is 6.18 Å². The van der Waals surface area contributed by atoms with Crippen LogP contribution in [0.2, 0.25) is 5.02 Å². The van der Waals surface area contributed by atoms with Crippen LogP contribution < -0.4 is 20.3 Å². The summed E-state index contributed by atoms with van der Waals surface area (Å²) in [6.45, 7) is 0.404. The van der Waals surface area contributed by atoms with Crippen molar-refractivity contribution < 1.29 is 31.8 Å². The van der Waals surface area contributed by atoms with Gasteiger partial charge in [-0.3, -0.25) is 9.59 Å². The molecule has 1 aromatic heterocycles. The van der Waals surface area contributed by atoms with Gasteiger partial charge in [-0.05, 0) is 42.8 Å². The van der Waals surface area contributed by atoms with Crippen molar-refractivity contribution in [2.24, 2.45) is 7.05 Å². The Hall–Kier alpha value is -3.53. The van der Waals surface area contributed by atoms with Gasteiger partial charge in [-0.1, -0.05) is 23.7 Å². The Morgan fingerprint density at radius 1 is 1.14 bits per heavy atom. The number of nitrogens with zero attached hydrogens (tertiary/aromatic N) is 1. The molecule has 0 bridgehead atoms. The van der Waals surface area contributed by atoms with E-state index in [0.29, 0.717) is 29.3 Å². The number of hydrogen-bond acceptors (Lipinski definition) is 4. The lowest BCUT2D eigenvalue weighted by Gasteiger charge is -2.16. The van der Waals surface area contributed by atoms with Gasteiger partial charge in [0.15, 0.2) is 5.75 Å². The second kappa shape index (κ2) is 10.8. The van der Waals surface area contributed by atoms with E-state index in [4.69, 9.17) is 21.1 Å². The summed E-state index contributed by atoms with van der Waals surface area (Å²) in [4.78, 5) is 25.6. The third-order valence-corrected chi connectivity index (χ3v) is 5.37. The zero-order valence-corrected chi connectivity index (χ0v) is 19.5. The molecule has 3 aromatic rings. The molecule has 0 saturated heterocycles. The minimum absolute atomic E-state index is 0.0898. The number of methoxy groups -OCH3 is 1. The molecule has 0 radical (unpaired) electrons. The number of ether oxygens (including phenoxy) is 2. The lowest BCUT2D eigenvalue weighted by molar-refractivity contribution is -0.137. The lowest BCUT2D eigenvalue weighted by atomic mass is 10.0. The number of para-hydroxylation sites is 1. The zero-order chi connectivity index (χ0) is 25.8. The molecule has 3 rings (SSSR count). The van der Waals surface area contributed by atoms with Gasteiger partial charge in [-0.25, -0.2) is 4.39 Å². The molecule has 6 nitrogen and oxygen atoms in total. The highest BCUT2D eigenvalue weighted by atomic mass is 35.5. The highest BCUT2D eigenvalue weighted by Crippen LogP contribution is 2.33. The molecule has 0 fully saturated rings. The van der Waals surface area contributed by atoms with Crippen molar-refractivity contribution in [3.05, 3.63) is 80.9 Å². The molecule has 11 heteroatoms. The Balaban J connectivity index is 1.82. The van der Waals surface area contributed by atoms with Crippen molar-refractivity contribution in [3.63, 3.8) is 0 Å². The highest BCUT2D eigenvalue weighted by Gasteiger charge is 2.32.